The number of carboxylic acid groups (broad SMARTS) is 1. The first kappa shape index (κ1) is 19.7. The van der Waals surface area contributed by atoms with E-state index in [2.05, 4.69) is 10.0 Å². The molecule has 0 saturated carbocycles. The third kappa shape index (κ3) is 4.09. The number of sulfonamides is 1. The van der Waals surface area contributed by atoms with E-state index in [9.17, 15) is 18.3 Å². The lowest BCUT2D eigenvalue weighted by Gasteiger charge is -2.16. The first-order valence-corrected chi connectivity index (χ1v) is 10.4. The van der Waals surface area contributed by atoms with Gasteiger partial charge in [-0.15, -0.1) is 0 Å². The molecule has 0 fully saturated rings. The van der Waals surface area contributed by atoms with Gasteiger partial charge >= 0.3 is 5.97 Å². The molecule has 0 aliphatic rings. The van der Waals surface area contributed by atoms with Gasteiger partial charge in [-0.3, -0.25) is 4.72 Å². The van der Waals surface area contributed by atoms with E-state index in [1.54, 1.807) is 48.5 Å². The third-order valence-corrected chi connectivity index (χ3v) is 5.69. The van der Waals surface area contributed by atoms with Crippen LogP contribution in [0.4, 0.5) is 11.4 Å². The van der Waals surface area contributed by atoms with Crippen molar-refractivity contribution in [1.82, 2.24) is 0 Å². The highest BCUT2D eigenvalue weighted by Gasteiger charge is 2.22. The summed E-state index contributed by atoms with van der Waals surface area (Å²) in [6.07, 6.45) is 0. The average Bonchev–Trinajstić information content (AvgIpc) is 2.65. The highest BCUT2D eigenvalue weighted by molar-refractivity contribution is 7.92. The minimum atomic E-state index is -3.99. The first-order chi connectivity index (χ1) is 13.3. The molecule has 0 heterocycles. The van der Waals surface area contributed by atoms with Crippen LogP contribution in [0.1, 0.15) is 24.2 Å². The topological polar surface area (TPSA) is 95.5 Å². The molecule has 0 amide bonds. The normalized spacial score (nSPS) is 11.5. The van der Waals surface area contributed by atoms with Gasteiger partial charge in [0.15, 0.2) is 0 Å². The van der Waals surface area contributed by atoms with Gasteiger partial charge < -0.3 is 10.4 Å². The summed E-state index contributed by atoms with van der Waals surface area (Å²) in [5.74, 6) is -0.858. The van der Waals surface area contributed by atoms with Crippen molar-refractivity contribution in [2.45, 2.75) is 18.7 Å². The van der Waals surface area contributed by atoms with Crippen LogP contribution in [0, 0.1) is 5.92 Å². The predicted octanol–water partition coefficient (Wildman–Crippen LogP) is 4.41. The van der Waals surface area contributed by atoms with Crippen LogP contribution in [0.2, 0.25) is 0 Å². The molecule has 0 unspecified atom stereocenters. The molecule has 0 aliphatic heterocycles. The van der Waals surface area contributed by atoms with Crippen molar-refractivity contribution >= 4 is 38.1 Å². The van der Waals surface area contributed by atoms with E-state index in [0.717, 1.165) is 5.39 Å². The first-order valence-electron chi connectivity index (χ1n) is 8.90. The molecular weight excluding hydrogens is 376 g/mol. The Hall–Kier alpha value is -3.06. The third-order valence-electron chi connectivity index (χ3n) is 4.26. The fourth-order valence-electron chi connectivity index (χ4n) is 2.95. The minimum Gasteiger partial charge on any atom is -0.478 e. The van der Waals surface area contributed by atoms with Crippen molar-refractivity contribution in [3.05, 3.63) is 66.2 Å². The van der Waals surface area contributed by atoms with Crippen LogP contribution in [0.3, 0.4) is 0 Å². The van der Waals surface area contributed by atoms with Gasteiger partial charge in [-0.1, -0.05) is 56.3 Å². The number of anilines is 2. The smallest absolute Gasteiger partial charge is 0.338 e. The quantitative estimate of drug-likeness (QED) is 0.548. The number of fused-ring (bicyclic) bond motifs is 1. The number of hydrogen-bond acceptors (Lipinski definition) is 4. The van der Waals surface area contributed by atoms with Gasteiger partial charge in [0.25, 0.3) is 10.0 Å². The van der Waals surface area contributed by atoms with E-state index < -0.39 is 16.0 Å². The lowest BCUT2D eigenvalue weighted by Crippen LogP contribution is -2.18. The molecular formula is C21H22N2O4S. The van der Waals surface area contributed by atoms with Crippen molar-refractivity contribution in [3.8, 4) is 0 Å². The zero-order valence-electron chi connectivity index (χ0n) is 15.6. The Bertz CT molecular complexity index is 1120. The second-order valence-corrected chi connectivity index (χ2v) is 8.54. The van der Waals surface area contributed by atoms with Gasteiger partial charge in [0.1, 0.15) is 4.90 Å². The number of carboxylic acids is 1. The molecule has 0 spiro atoms. The molecule has 3 rings (SSSR count). The molecule has 0 radical (unpaired) electrons. The summed E-state index contributed by atoms with van der Waals surface area (Å²) in [5, 5.41) is 14.0. The molecule has 3 aromatic rings. The Morgan fingerprint density at radius 1 is 0.964 bits per heavy atom. The molecule has 6 nitrogen and oxygen atoms in total. The number of para-hydroxylation sites is 1. The van der Waals surface area contributed by atoms with E-state index in [-0.39, 0.29) is 16.1 Å². The molecule has 28 heavy (non-hydrogen) atoms. The lowest BCUT2D eigenvalue weighted by molar-refractivity contribution is 0.0700. The maximum atomic E-state index is 13.0. The summed E-state index contributed by atoms with van der Waals surface area (Å²) < 4.78 is 28.5. The maximum Gasteiger partial charge on any atom is 0.338 e. The second kappa shape index (κ2) is 7.90. The summed E-state index contributed by atoms with van der Waals surface area (Å²) in [4.78, 5) is 11.9. The van der Waals surface area contributed by atoms with E-state index in [0.29, 0.717) is 23.5 Å². The Labute approximate surface area is 164 Å². The van der Waals surface area contributed by atoms with Crippen LogP contribution in [-0.4, -0.2) is 26.0 Å². The summed E-state index contributed by atoms with van der Waals surface area (Å²) >= 11 is 0. The Balaban J connectivity index is 2.05. The molecule has 0 atom stereocenters. The van der Waals surface area contributed by atoms with E-state index in [1.165, 1.54) is 12.1 Å². The summed E-state index contributed by atoms with van der Waals surface area (Å²) in [6, 6.07) is 16.7. The molecule has 0 aromatic heterocycles. The molecule has 3 aromatic carbocycles. The Morgan fingerprint density at radius 3 is 2.36 bits per heavy atom. The van der Waals surface area contributed by atoms with Crippen molar-refractivity contribution in [2.24, 2.45) is 5.92 Å². The van der Waals surface area contributed by atoms with E-state index in [1.807, 2.05) is 13.8 Å². The predicted molar refractivity (Wildman–Crippen MR) is 111 cm³/mol. The van der Waals surface area contributed by atoms with Gasteiger partial charge in [0.2, 0.25) is 0 Å². The maximum absolute atomic E-state index is 13.0. The number of aromatic carboxylic acids is 1. The number of benzene rings is 3. The van der Waals surface area contributed by atoms with Crippen LogP contribution < -0.4 is 10.0 Å². The highest BCUT2D eigenvalue weighted by atomic mass is 32.2. The van der Waals surface area contributed by atoms with E-state index >= 15 is 0 Å². The van der Waals surface area contributed by atoms with Crippen molar-refractivity contribution in [2.75, 3.05) is 16.6 Å². The van der Waals surface area contributed by atoms with Crippen LogP contribution in [0.25, 0.3) is 10.8 Å². The van der Waals surface area contributed by atoms with Gasteiger partial charge in [-0.25, -0.2) is 13.2 Å². The highest BCUT2D eigenvalue weighted by Crippen LogP contribution is 2.30. The average molecular weight is 398 g/mol. The number of rotatable bonds is 7. The molecule has 3 N–H and O–H groups in total. The number of nitrogens with one attached hydrogen (secondary N) is 2. The van der Waals surface area contributed by atoms with Crippen molar-refractivity contribution < 1.29 is 18.3 Å². The van der Waals surface area contributed by atoms with Crippen molar-refractivity contribution in [3.63, 3.8) is 0 Å². The van der Waals surface area contributed by atoms with Gasteiger partial charge in [0, 0.05) is 6.54 Å². The van der Waals surface area contributed by atoms with Crippen LogP contribution in [0.5, 0.6) is 0 Å². The number of hydrogen-bond donors (Lipinski definition) is 3. The largest absolute Gasteiger partial charge is 0.478 e. The van der Waals surface area contributed by atoms with E-state index in [4.69, 9.17) is 0 Å². The fourth-order valence-corrected chi connectivity index (χ4v) is 4.20. The van der Waals surface area contributed by atoms with Crippen molar-refractivity contribution in [1.29, 1.82) is 0 Å². The monoisotopic (exact) mass is 398 g/mol. The molecule has 7 heteroatoms. The molecule has 0 aliphatic carbocycles. The Kier molecular flexibility index (Phi) is 5.56. The molecule has 0 saturated heterocycles. The Morgan fingerprint density at radius 2 is 1.64 bits per heavy atom. The fraction of sp³-hybridized carbons (Fsp3) is 0.190. The standard InChI is InChI=1S/C21H22N2O4S/c1-14(2)13-22-17-9-5-6-10-19(17)28(26,27)23-18-12-11-15-7-3-4-8-16(15)20(18)21(24)25/h3-12,14,22-23H,13H2,1-2H3,(H,24,25). The summed E-state index contributed by atoms with van der Waals surface area (Å²) in [7, 11) is -3.99. The SMILES string of the molecule is CC(C)CNc1ccccc1S(=O)(=O)Nc1ccc2ccccc2c1C(=O)O. The molecule has 0 bridgehead atoms. The minimum absolute atomic E-state index is 0.0323. The summed E-state index contributed by atoms with van der Waals surface area (Å²) in [6.45, 7) is 4.66. The summed E-state index contributed by atoms with van der Waals surface area (Å²) in [5.41, 5.74) is 0.431. The van der Waals surface area contributed by atoms with Crippen LogP contribution >= 0.6 is 0 Å². The number of carbonyl (C=O) groups is 1. The second-order valence-electron chi connectivity index (χ2n) is 6.89. The zero-order valence-corrected chi connectivity index (χ0v) is 16.5. The van der Waals surface area contributed by atoms with Gasteiger partial charge in [-0.2, -0.15) is 0 Å². The van der Waals surface area contributed by atoms with Crippen LogP contribution in [0.15, 0.2) is 65.6 Å². The lowest BCUT2D eigenvalue weighted by atomic mass is 10.0. The zero-order chi connectivity index (χ0) is 20.3. The molecule has 146 valence electrons. The van der Waals surface area contributed by atoms with Crippen LogP contribution in [-0.2, 0) is 10.0 Å². The van der Waals surface area contributed by atoms with Gasteiger partial charge in [-0.05, 0) is 34.9 Å². The van der Waals surface area contributed by atoms with Gasteiger partial charge in [0.05, 0.1) is 16.9 Å².